The Bertz CT molecular complexity index is 1320. The average molecular weight is 604 g/mol. The number of benzene rings is 2. The van der Waals surface area contributed by atoms with Gasteiger partial charge in [-0.3, -0.25) is 0 Å². The molecule has 3 atom stereocenters. The summed E-state index contributed by atoms with van der Waals surface area (Å²) in [5.74, 6) is -1.64. The molecule has 1 saturated carbocycles. The van der Waals surface area contributed by atoms with Crippen LogP contribution in [0, 0.1) is 6.92 Å². The molecule has 0 spiro atoms. The number of carboxylic acids is 1. The SMILES string of the molecule is Cc1nnc(-c2ccc(N3CCC[C@H](N[C@@H]4CCCC[C@H]4NC(=O)OCc4ccccc4)C3)cc2)o1.O=C(O)C(F)(F)F. The molecule has 5 rings (SSSR count). The van der Waals surface area contributed by atoms with Gasteiger partial charge in [-0.1, -0.05) is 43.2 Å². The number of piperidine rings is 1. The standard InChI is InChI=1S/C28H35N5O3.C2HF3O2/c1-20-31-32-27(36-20)22-13-15-24(16-14-22)33-17-7-10-23(18-33)29-25-11-5-6-12-26(25)30-28(34)35-19-21-8-3-2-4-9-21;3-2(4,5)1(6)7/h2-4,8-9,13-16,23,25-26,29H,5-7,10-12,17-19H2,1H3,(H,30,34);(H,6,7)/t23-,25+,26+;/m0./s1. The average Bonchev–Trinajstić information content (AvgIpc) is 3.44. The van der Waals surface area contributed by atoms with Crippen LogP contribution in [0.3, 0.4) is 0 Å². The number of anilines is 1. The summed E-state index contributed by atoms with van der Waals surface area (Å²) in [6, 6.07) is 18.9. The molecule has 43 heavy (non-hydrogen) atoms. The molecule has 0 unspecified atom stereocenters. The summed E-state index contributed by atoms with van der Waals surface area (Å²) in [7, 11) is 0. The number of halogens is 3. The Morgan fingerprint density at radius 1 is 1.00 bits per heavy atom. The zero-order valence-corrected chi connectivity index (χ0v) is 23.8. The van der Waals surface area contributed by atoms with E-state index < -0.39 is 12.1 Å². The second-order valence-electron chi connectivity index (χ2n) is 10.6. The molecule has 0 bridgehead atoms. The predicted octanol–water partition coefficient (Wildman–Crippen LogP) is 5.47. The van der Waals surface area contributed by atoms with Gasteiger partial charge in [-0.2, -0.15) is 13.2 Å². The van der Waals surface area contributed by atoms with Gasteiger partial charge in [0.25, 0.3) is 0 Å². The molecule has 10 nitrogen and oxygen atoms in total. The summed E-state index contributed by atoms with van der Waals surface area (Å²) in [6.07, 6.45) is 1.21. The van der Waals surface area contributed by atoms with Crippen molar-refractivity contribution in [2.75, 3.05) is 18.0 Å². The van der Waals surface area contributed by atoms with Crippen molar-refractivity contribution in [1.82, 2.24) is 20.8 Å². The van der Waals surface area contributed by atoms with Crippen LogP contribution < -0.4 is 15.5 Å². The number of carboxylic acid groups (broad SMARTS) is 1. The minimum Gasteiger partial charge on any atom is -0.475 e. The largest absolute Gasteiger partial charge is 0.490 e. The molecule has 3 N–H and O–H groups in total. The lowest BCUT2D eigenvalue weighted by Gasteiger charge is -2.40. The van der Waals surface area contributed by atoms with Crippen molar-refractivity contribution < 1.29 is 37.0 Å². The zero-order valence-electron chi connectivity index (χ0n) is 23.8. The van der Waals surface area contributed by atoms with E-state index in [4.69, 9.17) is 19.1 Å². The number of nitrogens with one attached hydrogen (secondary N) is 2. The monoisotopic (exact) mass is 603 g/mol. The molecule has 1 saturated heterocycles. The van der Waals surface area contributed by atoms with Crippen LogP contribution in [0.4, 0.5) is 23.7 Å². The van der Waals surface area contributed by atoms with E-state index in [1.165, 1.54) is 12.1 Å². The highest BCUT2D eigenvalue weighted by Gasteiger charge is 2.38. The summed E-state index contributed by atoms with van der Waals surface area (Å²) in [4.78, 5) is 23.8. The molecule has 2 fully saturated rings. The van der Waals surface area contributed by atoms with E-state index in [1.54, 1.807) is 6.92 Å². The molecular weight excluding hydrogens is 567 g/mol. The normalized spacial score (nSPS) is 20.5. The highest BCUT2D eigenvalue weighted by Crippen LogP contribution is 2.26. The first-order valence-electron chi connectivity index (χ1n) is 14.3. The number of ether oxygens (including phenoxy) is 1. The highest BCUT2D eigenvalue weighted by molar-refractivity contribution is 5.73. The fourth-order valence-corrected chi connectivity index (χ4v) is 5.30. The van der Waals surface area contributed by atoms with Gasteiger partial charge in [0.05, 0.1) is 0 Å². The van der Waals surface area contributed by atoms with Crippen LogP contribution in [-0.2, 0) is 16.1 Å². The molecule has 1 aliphatic carbocycles. The molecule has 13 heteroatoms. The molecule has 1 amide bonds. The number of aliphatic carboxylic acids is 1. The van der Waals surface area contributed by atoms with E-state index in [9.17, 15) is 18.0 Å². The number of alkyl halides is 3. The second kappa shape index (κ2) is 14.9. The van der Waals surface area contributed by atoms with Crippen LogP contribution in [0.2, 0.25) is 0 Å². The van der Waals surface area contributed by atoms with Gasteiger partial charge in [-0.05, 0) is 55.5 Å². The number of nitrogens with zero attached hydrogens (tertiary/aromatic N) is 3. The fraction of sp³-hybridized carbons (Fsp3) is 0.467. The van der Waals surface area contributed by atoms with Crippen molar-refractivity contribution in [2.24, 2.45) is 0 Å². The van der Waals surface area contributed by atoms with Crippen molar-refractivity contribution in [1.29, 1.82) is 0 Å². The number of carbonyl (C=O) groups is 2. The fourth-order valence-electron chi connectivity index (χ4n) is 5.30. The number of aryl methyl sites for hydroxylation is 1. The highest BCUT2D eigenvalue weighted by atomic mass is 19.4. The summed E-state index contributed by atoms with van der Waals surface area (Å²) in [5, 5.41) is 22.2. The molecule has 232 valence electrons. The van der Waals surface area contributed by atoms with Crippen LogP contribution in [-0.4, -0.2) is 64.8 Å². The molecule has 2 aliphatic rings. The number of rotatable bonds is 7. The number of amides is 1. The third-order valence-electron chi connectivity index (χ3n) is 7.40. The van der Waals surface area contributed by atoms with E-state index in [0.717, 1.165) is 56.3 Å². The Hall–Kier alpha value is -4.13. The molecule has 2 aromatic carbocycles. The minimum atomic E-state index is -5.08. The summed E-state index contributed by atoms with van der Waals surface area (Å²) in [6.45, 7) is 4.07. The van der Waals surface area contributed by atoms with Crippen LogP contribution >= 0.6 is 0 Å². The third-order valence-corrected chi connectivity index (χ3v) is 7.40. The van der Waals surface area contributed by atoms with Gasteiger partial charge in [-0.25, -0.2) is 9.59 Å². The van der Waals surface area contributed by atoms with Gasteiger partial charge in [0.2, 0.25) is 11.8 Å². The van der Waals surface area contributed by atoms with Gasteiger partial charge in [0, 0.05) is 49.4 Å². The lowest BCUT2D eigenvalue weighted by Crippen LogP contribution is -2.57. The predicted molar refractivity (Wildman–Crippen MR) is 152 cm³/mol. The smallest absolute Gasteiger partial charge is 0.475 e. The van der Waals surface area contributed by atoms with Crippen LogP contribution in [0.1, 0.15) is 50.0 Å². The molecule has 1 aliphatic heterocycles. The Morgan fingerprint density at radius 2 is 1.67 bits per heavy atom. The molecule has 3 aromatic rings. The Kier molecular flexibility index (Phi) is 11.0. The van der Waals surface area contributed by atoms with Crippen molar-refractivity contribution in [3.63, 3.8) is 0 Å². The second-order valence-corrected chi connectivity index (χ2v) is 10.6. The van der Waals surface area contributed by atoms with E-state index in [1.807, 2.05) is 42.5 Å². The van der Waals surface area contributed by atoms with Crippen molar-refractivity contribution in [2.45, 2.75) is 76.4 Å². The first-order chi connectivity index (χ1) is 20.6. The van der Waals surface area contributed by atoms with E-state index in [0.29, 0.717) is 24.4 Å². The van der Waals surface area contributed by atoms with Crippen molar-refractivity contribution in [3.05, 3.63) is 66.1 Å². The number of hydrogen-bond donors (Lipinski definition) is 3. The van der Waals surface area contributed by atoms with Gasteiger partial charge in [0.1, 0.15) is 6.61 Å². The lowest BCUT2D eigenvalue weighted by molar-refractivity contribution is -0.192. The third kappa shape index (κ3) is 9.70. The van der Waals surface area contributed by atoms with Crippen LogP contribution in [0.15, 0.2) is 59.0 Å². The maximum atomic E-state index is 12.5. The Labute approximate surface area is 247 Å². The minimum absolute atomic E-state index is 0.0922. The zero-order chi connectivity index (χ0) is 30.8. The Balaban J connectivity index is 0.000000541. The van der Waals surface area contributed by atoms with Crippen molar-refractivity contribution in [3.8, 4) is 11.5 Å². The van der Waals surface area contributed by atoms with E-state index in [2.05, 4.69) is 37.9 Å². The number of alkyl carbamates (subject to hydrolysis) is 1. The van der Waals surface area contributed by atoms with Crippen molar-refractivity contribution >= 4 is 17.7 Å². The van der Waals surface area contributed by atoms with Gasteiger partial charge >= 0.3 is 18.2 Å². The van der Waals surface area contributed by atoms with Gasteiger partial charge < -0.3 is 29.8 Å². The summed E-state index contributed by atoms with van der Waals surface area (Å²) >= 11 is 0. The van der Waals surface area contributed by atoms with Crippen LogP contribution in [0.25, 0.3) is 11.5 Å². The maximum Gasteiger partial charge on any atom is 0.490 e. The quantitative estimate of drug-likeness (QED) is 0.322. The van der Waals surface area contributed by atoms with Gasteiger partial charge in [-0.15, -0.1) is 10.2 Å². The first-order valence-corrected chi connectivity index (χ1v) is 14.3. The molecule has 2 heterocycles. The number of carbonyl (C=O) groups excluding carboxylic acids is 1. The number of hydrogen-bond acceptors (Lipinski definition) is 8. The molecular formula is C30H36F3N5O5. The molecule has 0 radical (unpaired) electrons. The number of aromatic nitrogens is 2. The summed E-state index contributed by atoms with van der Waals surface area (Å²) < 4.78 is 42.8. The summed E-state index contributed by atoms with van der Waals surface area (Å²) in [5.41, 5.74) is 3.12. The van der Waals surface area contributed by atoms with E-state index in [-0.39, 0.29) is 18.2 Å². The van der Waals surface area contributed by atoms with Crippen LogP contribution in [0.5, 0.6) is 0 Å². The Morgan fingerprint density at radius 3 is 2.30 bits per heavy atom. The topological polar surface area (TPSA) is 130 Å². The van der Waals surface area contributed by atoms with Gasteiger partial charge in [0.15, 0.2) is 0 Å². The molecule has 1 aromatic heterocycles. The van der Waals surface area contributed by atoms with E-state index >= 15 is 0 Å². The maximum absolute atomic E-state index is 12.5. The first kappa shape index (κ1) is 31.8. The lowest BCUT2D eigenvalue weighted by atomic mass is 9.89.